The Balaban J connectivity index is 0.889. The smallest absolute Gasteiger partial charge is 0.308 e. The van der Waals surface area contributed by atoms with Crippen molar-refractivity contribution in [1.82, 2.24) is 0 Å². The molecule has 4 aliphatic carbocycles. The third-order valence-corrected chi connectivity index (χ3v) is 16.7. The first-order valence-corrected chi connectivity index (χ1v) is 22.6. The standard InChI is InChI=1S/C44H68O17/c1-20-33-29(61-44(20)12-7-22(19-56-44)18-55-32(49)15-24(46)14-31(47)48)16-28-26-6-5-23-13-25(8-10-42(23,3)27(26)9-11-43(28,33)4)58-41-39(37(53)35(51)30(17-45)59-41)60-40-38(54)36(52)34(50)21(2)57-40/h5,20-22,24-30,33-41,45-46,50-54H,6-19H2,1-4H3,(H,47,48)/t20-,21-,22-,24-,25-,26+,27-,28-,29-,30+,33-,34-,35+,36+,37-,38+,39+,40-,41+,42-,43-,44+/m0/s1. The maximum Gasteiger partial charge on any atom is 0.308 e. The molecule has 1 spiro atoms. The molecule has 17 heteroatoms. The van der Waals surface area contributed by atoms with E-state index in [-0.39, 0.29) is 47.9 Å². The van der Waals surface area contributed by atoms with Crippen LogP contribution in [0.25, 0.3) is 0 Å². The van der Waals surface area contributed by atoms with E-state index in [4.69, 9.17) is 38.3 Å². The van der Waals surface area contributed by atoms with Gasteiger partial charge in [0.15, 0.2) is 18.4 Å². The highest BCUT2D eigenvalue weighted by Gasteiger charge is 2.69. The predicted octanol–water partition coefficient (Wildman–Crippen LogP) is 1.14. The van der Waals surface area contributed by atoms with E-state index in [2.05, 4.69) is 26.8 Å². The second-order valence-electron chi connectivity index (χ2n) is 20.2. The first kappa shape index (κ1) is 45.7. The quantitative estimate of drug-likeness (QED) is 0.107. The third kappa shape index (κ3) is 8.24. The molecule has 17 nitrogen and oxygen atoms in total. The van der Waals surface area contributed by atoms with Crippen LogP contribution < -0.4 is 0 Å². The summed E-state index contributed by atoms with van der Waals surface area (Å²) in [5.41, 5.74) is 1.40. The van der Waals surface area contributed by atoms with Crippen LogP contribution in [0.5, 0.6) is 0 Å². The van der Waals surface area contributed by atoms with Crippen LogP contribution in [0.3, 0.4) is 0 Å². The molecular weight excluding hydrogens is 800 g/mol. The topological polar surface area (TPSA) is 261 Å². The molecule has 0 radical (unpaired) electrons. The van der Waals surface area contributed by atoms with Crippen LogP contribution in [-0.2, 0) is 42.7 Å². The van der Waals surface area contributed by atoms with Gasteiger partial charge in [0.05, 0.1) is 57.1 Å². The molecule has 3 saturated carbocycles. The molecule has 346 valence electrons. The van der Waals surface area contributed by atoms with Crippen LogP contribution in [0.15, 0.2) is 11.6 Å². The van der Waals surface area contributed by atoms with E-state index >= 15 is 0 Å². The minimum atomic E-state index is -1.64. The summed E-state index contributed by atoms with van der Waals surface area (Å²) in [6.45, 7) is 8.65. The number of rotatable bonds is 11. The molecule has 7 fully saturated rings. The van der Waals surface area contributed by atoms with Crippen LogP contribution >= 0.6 is 0 Å². The summed E-state index contributed by atoms with van der Waals surface area (Å²) in [5.74, 6) is -0.457. The Kier molecular flexibility index (Phi) is 13.1. The number of aliphatic hydroxyl groups excluding tert-OH is 7. The van der Waals surface area contributed by atoms with Crippen molar-refractivity contribution in [2.24, 2.45) is 46.3 Å². The van der Waals surface area contributed by atoms with Gasteiger partial charge in [0.1, 0.15) is 42.7 Å². The molecule has 61 heavy (non-hydrogen) atoms. The van der Waals surface area contributed by atoms with Crippen molar-refractivity contribution in [3.8, 4) is 0 Å². The largest absolute Gasteiger partial charge is 0.481 e. The normalized spacial score (nSPS) is 51.1. The van der Waals surface area contributed by atoms with Crippen molar-refractivity contribution in [2.75, 3.05) is 19.8 Å². The molecule has 0 aromatic carbocycles. The third-order valence-electron chi connectivity index (χ3n) is 16.7. The Hall–Kier alpha value is -1.84. The molecule has 8 N–H and O–H groups in total. The SMILES string of the molecule is C[C@@H]1O[C@@H](O[C@H]2[C@H](O[C@H]3CC[C@@]4(C)C(=CC[C@H]5[C@@H]6C[C@@H]7O[C@]8(CC[C@@H](COC(=O)C[C@@H](O)CC(=O)O)CO8)[C@@H](C)[C@@H]7[C@@]6(C)CC[C@@H]54)C3)O[C@H](CO)[C@@H](O)[C@@H]2O)[C@H](O)[C@H](O)[C@H]1O. The van der Waals surface area contributed by atoms with Crippen molar-refractivity contribution in [3.63, 3.8) is 0 Å². The molecule has 0 unspecified atom stereocenters. The Morgan fingerprint density at radius 1 is 0.885 bits per heavy atom. The summed E-state index contributed by atoms with van der Waals surface area (Å²) in [6.07, 6.45) is -5.83. The number of hydrogen-bond acceptors (Lipinski definition) is 16. The highest BCUT2D eigenvalue weighted by molar-refractivity contribution is 5.72. The minimum absolute atomic E-state index is 0.00695. The van der Waals surface area contributed by atoms with Gasteiger partial charge in [-0.25, -0.2) is 0 Å². The molecule has 0 aromatic rings. The van der Waals surface area contributed by atoms with E-state index in [0.29, 0.717) is 49.5 Å². The number of carbonyl (C=O) groups excluding carboxylic acids is 1. The number of aliphatic hydroxyl groups is 7. The number of fused-ring (bicyclic) bond motifs is 7. The van der Waals surface area contributed by atoms with Gasteiger partial charge in [-0.3, -0.25) is 9.59 Å². The number of carboxylic acids is 1. The maximum atomic E-state index is 12.2. The number of allylic oxidation sites excluding steroid dienone is 1. The average molecular weight is 869 g/mol. The van der Waals surface area contributed by atoms with Gasteiger partial charge < -0.3 is 74.0 Å². The van der Waals surface area contributed by atoms with Gasteiger partial charge in [-0.15, -0.1) is 0 Å². The summed E-state index contributed by atoms with van der Waals surface area (Å²) in [5, 5.41) is 81.7. The zero-order valence-electron chi connectivity index (χ0n) is 35.7. The van der Waals surface area contributed by atoms with Gasteiger partial charge in [-0.05, 0) is 92.8 Å². The molecule has 4 saturated heterocycles. The number of carboxylic acid groups (broad SMARTS) is 1. The van der Waals surface area contributed by atoms with Gasteiger partial charge in [0.2, 0.25) is 0 Å². The Bertz CT molecular complexity index is 1620. The van der Waals surface area contributed by atoms with E-state index in [1.165, 1.54) is 12.5 Å². The molecule has 0 amide bonds. The van der Waals surface area contributed by atoms with Gasteiger partial charge in [-0.2, -0.15) is 0 Å². The van der Waals surface area contributed by atoms with E-state index in [1.54, 1.807) is 0 Å². The first-order valence-electron chi connectivity index (χ1n) is 22.6. The number of hydrogen-bond donors (Lipinski definition) is 8. The lowest BCUT2D eigenvalue weighted by Crippen LogP contribution is -2.64. The zero-order chi connectivity index (χ0) is 43.8. The van der Waals surface area contributed by atoms with Gasteiger partial charge >= 0.3 is 11.9 Å². The van der Waals surface area contributed by atoms with Crippen molar-refractivity contribution in [3.05, 3.63) is 11.6 Å². The highest BCUT2D eigenvalue weighted by atomic mass is 16.8. The number of ether oxygens (including phenoxy) is 7. The monoisotopic (exact) mass is 868 g/mol. The Morgan fingerprint density at radius 3 is 2.36 bits per heavy atom. The number of aliphatic carboxylic acids is 1. The van der Waals surface area contributed by atoms with Crippen LogP contribution in [-0.4, -0.2) is 158 Å². The summed E-state index contributed by atoms with van der Waals surface area (Å²) in [7, 11) is 0. The molecule has 8 aliphatic rings. The highest BCUT2D eigenvalue weighted by Crippen LogP contribution is 2.70. The van der Waals surface area contributed by atoms with Crippen LogP contribution in [0, 0.1) is 46.3 Å². The van der Waals surface area contributed by atoms with Gasteiger partial charge in [-0.1, -0.05) is 32.4 Å². The fourth-order valence-corrected chi connectivity index (χ4v) is 13.3. The predicted molar refractivity (Wildman–Crippen MR) is 210 cm³/mol. The van der Waals surface area contributed by atoms with Crippen LogP contribution in [0.4, 0.5) is 0 Å². The summed E-state index contributed by atoms with van der Waals surface area (Å²) < 4.78 is 43.1. The molecule has 4 heterocycles. The molecule has 0 bridgehead atoms. The second-order valence-corrected chi connectivity index (χ2v) is 20.2. The molecule has 4 aliphatic heterocycles. The summed E-state index contributed by atoms with van der Waals surface area (Å²) in [4.78, 5) is 23.0. The molecular formula is C44H68O17. The molecule has 0 aromatic heterocycles. The van der Waals surface area contributed by atoms with Crippen molar-refractivity contribution in [1.29, 1.82) is 0 Å². The lowest BCUT2D eigenvalue weighted by Gasteiger charge is -2.58. The molecule has 8 rings (SSSR count). The maximum absolute atomic E-state index is 12.2. The van der Waals surface area contributed by atoms with E-state index < -0.39 is 98.3 Å². The second kappa shape index (κ2) is 17.5. The number of carbonyl (C=O) groups is 2. The van der Waals surface area contributed by atoms with E-state index in [9.17, 15) is 45.3 Å². The zero-order valence-corrected chi connectivity index (χ0v) is 35.7. The number of esters is 1. The molecule has 22 atom stereocenters. The lowest BCUT2D eigenvalue weighted by molar-refractivity contribution is -0.369. The average Bonchev–Trinajstić information content (AvgIpc) is 3.66. The van der Waals surface area contributed by atoms with E-state index in [1.807, 2.05) is 0 Å². The Labute approximate surface area is 356 Å². The van der Waals surface area contributed by atoms with Crippen molar-refractivity contribution in [2.45, 2.75) is 184 Å². The van der Waals surface area contributed by atoms with Gasteiger partial charge in [0, 0.05) is 18.3 Å². The minimum Gasteiger partial charge on any atom is -0.481 e. The van der Waals surface area contributed by atoms with Gasteiger partial charge in [0.25, 0.3) is 0 Å². The lowest BCUT2D eigenvalue weighted by atomic mass is 9.47. The summed E-state index contributed by atoms with van der Waals surface area (Å²) >= 11 is 0. The fourth-order valence-electron chi connectivity index (χ4n) is 13.3. The first-order chi connectivity index (χ1) is 28.9. The van der Waals surface area contributed by atoms with Crippen molar-refractivity contribution >= 4 is 11.9 Å². The fraction of sp³-hybridized carbons (Fsp3) is 0.909. The summed E-state index contributed by atoms with van der Waals surface area (Å²) in [6, 6.07) is 0. The Morgan fingerprint density at radius 2 is 1.66 bits per heavy atom. The van der Waals surface area contributed by atoms with Crippen molar-refractivity contribution < 1.29 is 83.6 Å². The van der Waals surface area contributed by atoms with Crippen LogP contribution in [0.2, 0.25) is 0 Å². The van der Waals surface area contributed by atoms with E-state index in [0.717, 1.165) is 38.5 Å². The van der Waals surface area contributed by atoms with Crippen LogP contribution in [0.1, 0.15) is 98.3 Å².